The minimum Gasteiger partial charge on any atom is -0.390 e. The van der Waals surface area contributed by atoms with Crippen LogP contribution < -0.4 is 0 Å². The van der Waals surface area contributed by atoms with Crippen molar-refractivity contribution in [3.05, 3.63) is 35.9 Å². The summed E-state index contributed by atoms with van der Waals surface area (Å²) in [6, 6.07) is 10.0. The highest BCUT2D eigenvalue weighted by atomic mass is 16.6. The summed E-state index contributed by atoms with van der Waals surface area (Å²) in [4.78, 5) is 19.0. The highest BCUT2D eigenvalue weighted by Gasteiger charge is 2.25. The number of oxime groups is 1. The lowest BCUT2D eigenvalue weighted by atomic mass is 10.0. The van der Waals surface area contributed by atoms with Crippen LogP contribution in [0.3, 0.4) is 0 Å². The van der Waals surface area contributed by atoms with Crippen molar-refractivity contribution in [2.75, 3.05) is 13.1 Å². The smallest absolute Gasteiger partial charge is 0.222 e. The van der Waals surface area contributed by atoms with Gasteiger partial charge in [0.15, 0.2) is 6.10 Å². The molecule has 1 amide bonds. The van der Waals surface area contributed by atoms with E-state index in [2.05, 4.69) is 5.16 Å². The summed E-state index contributed by atoms with van der Waals surface area (Å²) >= 11 is 0. The number of carbonyl (C=O) groups excluding carboxylic acids is 1. The van der Waals surface area contributed by atoms with E-state index in [-0.39, 0.29) is 12.0 Å². The van der Waals surface area contributed by atoms with Gasteiger partial charge in [-0.25, -0.2) is 0 Å². The Balaban J connectivity index is 1.92. The van der Waals surface area contributed by atoms with Gasteiger partial charge in [0.05, 0.1) is 12.3 Å². The summed E-state index contributed by atoms with van der Waals surface area (Å²) < 4.78 is 0. The third-order valence-corrected chi connectivity index (χ3v) is 3.30. The number of likely N-dealkylation sites (N-methyl/N-ethyl adjacent to an activating group) is 1. The van der Waals surface area contributed by atoms with Crippen LogP contribution in [0.5, 0.6) is 0 Å². The van der Waals surface area contributed by atoms with Crippen LogP contribution in [0.4, 0.5) is 0 Å². The van der Waals surface area contributed by atoms with Gasteiger partial charge in [-0.15, -0.1) is 0 Å². The van der Waals surface area contributed by atoms with Crippen LogP contribution in [0, 0.1) is 0 Å². The summed E-state index contributed by atoms with van der Waals surface area (Å²) in [5, 5.41) is 4.14. The average Bonchev–Trinajstić information content (AvgIpc) is 2.93. The van der Waals surface area contributed by atoms with Crippen molar-refractivity contribution in [2.45, 2.75) is 32.8 Å². The van der Waals surface area contributed by atoms with Crippen molar-refractivity contribution in [3.63, 3.8) is 0 Å². The normalized spacial score (nSPS) is 17.8. The lowest BCUT2D eigenvalue weighted by Gasteiger charge is -2.22. The van der Waals surface area contributed by atoms with Gasteiger partial charge in [0.1, 0.15) is 0 Å². The van der Waals surface area contributed by atoms with E-state index in [0.29, 0.717) is 19.5 Å². The molecule has 1 heterocycles. The molecular formula is C15H20N2O2. The molecule has 1 aromatic carbocycles. The molecule has 0 N–H and O–H groups in total. The first-order valence-corrected chi connectivity index (χ1v) is 6.80. The number of amides is 1. The van der Waals surface area contributed by atoms with Crippen molar-refractivity contribution in [2.24, 2.45) is 5.16 Å². The van der Waals surface area contributed by atoms with E-state index in [1.165, 1.54) is 0 Å². The number of nitrogens with zero attached hydrogens (tertiary/aromatic N) is 2. The first kappa shape index (κ1) is 13.6. The zero-order valence-electron chi connectivity index (χ0n) is 11.5. The van der Waals surface area contributed by atoms with Crippen molar-refractivity contribution in [1.82, 2.24) is 4.90 Å². The largest absolute Gasteiger partial charge is 0.390 e. The molecule has 102 valence electrons. The second kappa shape index (κ2) is 6.36. The Hall–Kier alpha value is -1.84. The molecular weight excluding hydrogens is 240 g/mol. The first-order valence-electron chi connectivity index (χ1n) is 6.80. The van der Waals surface area contributed by atoms with Crippen LogP contribution in [-0.2, 0) is 9.63 Å². The fourth-order valence-corrected chi connectivity index (χ4v) is 2.20. The van der Waals surface area contributed by atoms with Gasteiger partial charge in [0.2, 0.25) is 5.91 Å². The Kier molecular flexibility index (Phi) is 4.55. The molecule has 1 unspecified atom stereocenters. The fourth-order valence-electron chi connectivity index (χ4n) is 2.20. The van der Waals surface area contributed by atoms with Gasteiger partial charge in [-0.3, -0.25) is 4.79 Å². The Bertz CT molecular complexity index is 456. The van der Waals surface area contributed by atoms with Crippen LogP contribution in [-0.4, -0.2) is 35.7 Å². The number of rotatable bonds is 5. The minimum atomic E-state index is -0.0225. The maximum atomic E-state index is 11.7. The summed E-state index contributed by atoms with van der Waals surface area (Å²) in [7, 11) is 0. The SMILES string of the molecule is CCC(=O)N(CC)CC1CC(c2ccccc2)=NO1. The standard InChI is InChI=1S/C15H20N2O2/c1-3-15(18)17(4-2)11-13-10-14(16-19-13)12-8-6-5-7-9-12/h5-9,13H,3-4,10-11H2,1-2H3. The minimum absolute atomic E-state index is 0.0225. The quantitative estimate of drug-likeness (QED) is 0.816. The molecule has 2 rings (SSSR count). The molecule has 0 radical (unpaired) electrons. The molecule has 0 fully saturated rings. The number of hydrogen-bond donors (Lipinski definition) is 0. The Labute approximate surface area is 114 Å². The molecule has 19 heavy (non-hydrogen) atoms. The predicted molar refractivity (Wildman–Crippen MR) is 75.0 cm³/mol. The fraction of sp³-hybridized carbons (Fsp3) is 0.467. The van der Waals surface area contributed by atoms with E-state index < -0.39 is 0 Å². The van der Waals surface area contributed by atoms with Crippen molar-refractivity contribution in [1.29, 1.82) is 0 Å². The van der Waals surface area contributed by atoms with Gasteiger partial charge >= 0.3 is 0 Å². The van der Waals surface area contributed by atoms with Crippen LogP contribution in [0.2, 0.25) is 0 Å². The molecule has 1 atom stereocenters. The molecule has 4 heteroatoms. The summed E-state index contributed by atoms with van der Waals surface area (Å²) in [5.41, 5.74) is 2.06. The highest BCUT2D eigenvalue weighted by molar-refractivity contribution is 6.01. The number of carbonyl (C=O) groups is 1. The molecule has 0 aliphatic carbocycles. The van der Waals surface area contributed by atoms with Gasteiger partial charge in [-0.2, -0.15) is 0 Å². The van der Waals surface area contributed by atoms with Crippen molar-refractivity contribution in [3.8, 4) is 0 Å². The summed E-state index contributed by atoms with van der Waals surface area (Å²) in [6.07, 6.45) is 1.27. The lowest BCUT2D eigenvalue weighted by Crippen LogP contribution is -2.37. The van der Waals surface area contributed by atoms with E-state index in [1.54, 1.807) is 0 Å². The van der Waals surface area contributed by atoms with Gasteiger partial charge in [0, 0.05) is 19.4 Å². The lowest BCUT2D eigenvalue weighted by molar-refractivity contribution is -0.132. The van der Waals surface area contributed by atoms with E-state index in [1.807, 2.05) is 49.1 Å². The molecule has 1 aromatic rings. The Morgan fingerprint density at radius 2 is 2.11 bits per heavy atom. The Morgan fingerprint density at radius 1 is 1.37 bits per heavy atom. The first-order chi connectivity index (χ1) is 9.24. The van der Waals surface area contributed by atoms with Crippen molar-refractivity contribution >= 4 is 11.6 Å². The van der Waals surface area contributed by atoms with Crippen LogP contribution >= 0.6 is 0 Å². The highest BCUT2D eigenvalue weighted by Crippen LogP contribution is 2.17. The second-order valence-electron chi connectivity index (χ2n) is 4.62. The van der Waals surface area contributed by atoms with Crippen molar-refractivity contribution < 1.29 is 9.63 Å². The summed E-state index contributed by atoms with van der Waals surface area (Å²) in [6.45, 7) is 5.20. The molecule has 1 aliphatic rings. The van der Waals surface area contributed by atoms with Gasteiger partial charge in [-0.05, 0) is 12.5 Å². The van der Waals surface area contributed by atoms with E-state index in [4.69, 9.17) is 4.84 Å². The maximum Gasteiger partial charge on any atom is 0.222 e. The zero-order chi connectivity index (χ0) is 13.7. The molecule has 0 spiro atoms. The maximum absolute atomic E-state index is 11.7. The molecule has 0 bridgehead atoms. The third-order valence-electron chi connectivity index (χ3n) is 3.30. The van der Waals surface area contributed by atoms with E-state index in [0.717, 1.165) is 17.7 Å². The van der Waals surface area contributed by atoms with Gasteiger partial charge in [0.25, 0.3) is 0 Å². The van der Waals surface area contributed by atoms with Gasteiger partial charge in [-0.1, -0.05) is 42.4 Å². The topological polar surface area (TPSA) is 41.9 Å². The third kappa shape index (κ3) is 3.34. The summed E-state index contributed by atoms with van der Waals surface area (Å²) in [5.74, 6) is 0.166. The predicted octanol–water partition coefficient (Wildman–Crippen LogP) is 2.44. The monoisotopic (exact) mass is 260 g/mol. The van der Waals surface area contributed by atoms with Crippen LogP contribution in [0.1, 0.15) is 32.3 Å². The van der Waals surface area contributed by atoms with Crippen LogP contribution in [0.25, 0.3) is 0 Å². The van der Waals surface area contributed by atoms with E-state index >= 15 is 0 Å². The molecule has 1 aliphatic heterocycles. The molecule has 0 saturated heterocycles. The second-order valence-corrected chi connectivity index (χ2v) is 4.62. The van der Waals surface area contributed by atoms with Gasteiger partial charge < -0.3 is 9.74 Å². The van der Waals surface area contributed by atoms with E-state index in [9.17, 15) is 4.79 Å². The zero-order valence-corrected chi connectivity index (χ0v) is 11.5. The molecule has 0 saturated carbocycles. The number of benzene rings is 1. The Morgan fingerprint density at radius 3 is 2.74 bits per heavy atom. The van der Waals surface area contributed by atoms with Crippen LogP contribution in [0.15, 0.2) is 35.5 Å². The molecule has 4 nitrogen and oxygen atoms in total. The number of hydrogen-bond acceptors (Lipinski definition) is 3. The molecule has 0 aromatic heterocycles. The average molecular weight is 260 g/mol.